The summed E-state index contributed by atoms with van der Waals surface area (Å²) in [5.41, 5.74) is 3.73. The van der Waals surface area contributed by atoms with Gasteiger partial charge in [-0.05, 0) is 39.2 Å². The molecule has 0 amide bonds. The Bertz CT molecular complexity index is 963. The molecule has 14 heteroatoms. The van der Waals surface area contributed by atoms with Gasteiger partial charge >= 0.3 is 0 Å². The van der Waals surface area contributed by atoms with Gasteiger partial charge in [-0.3, -0.25) is 4.40 Å². The van der Waals surface area contributed by atoms with Crippen molar-refractivity contribution < 1.29 is 57.8 Å². The molecule has 0 spiro atoms. The molecule has 0 bridgehead atoms. The molecule has 32 heavy (non-hydrogen) atoms. The lowest BCUT2D eigenvalue weighted by molar-refractivity contribution is -1.92. The molecule has 2 aromatic heterocycles. The summed E-state index contributed by atoms with van der Waals surface area (Å²) in [6.07, 6.45) is 3.32. The van der Waals surface area contributed by atoms with Crippen molar-refractivity contribution in [2.75, 3.05) is 20.6 Å². The summed E-state index contributed by atoms with van der Waals surface area (Å²) >= 11 is 0. The van der Waals surface area contributed by atoms with Crippen LogP contribution in [0.15, 0.2) is 30.5 Å². The standard InChI is InChI=1S/C18H26N4.2ClHO4/c1-18(2,3)16-13-22-15-10-7-6-9-14(15)21(17(22)19-16)12-8-11-20(4)5;2*2-1(3,4)5/h6-7,9-10,13H,8,11-12H2,1-5H3;2*(H,2,3,4,5). The lowest BCUT2D eigenvalue weighted by Gasteiger charge is -2.14. The number of aryl methyl sites for hydroxylation is 1. The van der Waals surface area contributed by atoms with Gasteiger partial charge in [0.25, 0.3) is 0 Å². The van der Waals surface area contributed by atoms with Gasteiger partial charge in [0.2, 0.25) is 5.78 Å². The minimum atomic E-state index is -4.69. The molecule has 0 saturated carbocycles. The van der Waals surface area contributed by atoms with E-state index in [9.17, 15) is 0 Å². The van der Waals surface area contributed by atoms with Gasteiger partial charge < -0.3 is 9.47 Å². The first-order valence-corrected chi connectivity index (χ1v) is 11.8. The van der Waals surface area contributed by atoms with Crippen molar-refractivity contribution in [1.29, 1.82) is 0 Å². The molecule has 0 unspecified atom stereocenters. The van der Waals surface area contributed by atoms with Gasteiger partial charge in [0.05, 0.1) is 46.5 Å². The van der Waals surface area contributed by atoms with Crippen molar-refractivity contribution in [3.8, 4) is 0 Å². The van der Waals surface area contributed by atoms with E-state index in [2.05, 4.69) is 79.2 Å². The van der Waals surface area contributed by atoms with Gasteiger partial charge in [-0.2, -0.15) is 28.0 Å². The molecule has 0 aliphatic heterocycles. The zero-order valence-electron chi connectivity index (χ0n) is 18.4. The van der Waals surface area contributed by atoms with Crippen LogP contribution in [0.25, 0.3) is 16.8 Å². The highest BCUT2D eigenvalue weighted by molar-refractivity contribution is 5.81. The average molecular weight is 499 g/mol. The third-order valence-corrected chi connectivity index (χ3v) is 4.12. The first-order valence-electron chi connectivity index (χ1n) is 9.26. The van der Waals surface area contributed by atoms with E-state index in [1.807, 2.05) is 0 Å². The fourth-order valence-corrected chi connectivity index (χ4v) is 2.87. The molecule has 0 aliphatic carbocycles. The van der Waals surface area contributed by atoms with E-state index in [1.165, 1.54) is 11.0 Å². The molecule has 0 radical (unpaired) electrons. The monoisotopic (exact) mass is 498 g/mol. The molecule has 182 valence electrons. The zero-order valence-corrected chi connectivity index (χ0v) is 19.9. The largest absolute Gasteiger partial charge is 0.310 e. The van der Waals surface area contributed by atoms with Crippen LogP contribution in [-0.2, 0) is 12.0 Å². The van der Waals surface area contributed by atoms with E-state index in [-0.39, 0.29) is 5.41 Å². The summed E-state index contributed by atoms with van der Waals surface area (Å²) in [4.78, 5) is 7.16. The predicted octanol–water partition coefficient (Wildman–Crippen LogP) is -4.71. The maximum Gasteiger partial charge on any atom is 0.215 e. The summed E-state index contributed by atoms with van der Waals surface area (Å²) in [6.45, 7) is 8.73. The Morgan fingerprint density at radius 2 is 1.41 bits per heavy atom. The van der Waals surface area contributed by atoms with Gasteiger partial charge in [-0.15, -0.1) is 0 Å². The summed E-state index contributed by atoms with van der Waals surface area (Å²) in [5.74, 6) is 1.06. The second kappa shape index (κ2) is 11.0. The van der Waals surface area contributed by atoms with Crippen LogP contribution in [0, 0.1) is 20.5 Å². The summed E-state index contributed by atoms with van der Waals surface area (Å²) < 4.78 is 70.0. The van der Waals surface area contributed by atoms with Crippen molar-refractivity contribution in [3.63, 3.8) is 0 Å². The summed E-state index contributed by atoms with van der Waals surface area (Å²) in [6, 6.07) is 8.58. The van der Waals surface area contributed by atoms with Crippen LogP contribution in [-0.4, -0.2) is 48.8 Å². The fraction of sp³-hybridized carbons (Fsp3) is 0.500. The second-order valence-electron chi connectivity index (χ2n) is 8.14. The molecule has 2 heterocycles. The summed E-state index contributed by atoms with van der Waals surface area (Å²) in [7, 11) is -5.15. The number of hydrogen-bond donors (Lipinski definition) is 2. The van der Waals surface area contributed by atoms with Crippen molar-refractivity contribution in [2.45, 2.75) is 39.2 Å². The molecule has 0 saturated heterocycles. The van der Waals surface area contributed by atoms with E-state index in [0.29, 0.717) is 0 Å². The van der Waals surface area contributed by atoms with Gasteiger partial charge in [0.15, 0.2) is 0 Å². The van der Waals surface area contributed by atoms with Crippen LogP contribution in [0.4, 0.5) is 0 Å². The molecule has 2 N–H and O–H groups in total. The second-order valence-corrected chi connectivity index (χ2v) is 9.72. The first-order chi connectivity index (χ1) is 14.4. The molecule has 3 aromatic rings. The molecule has 0 fully saturated rings. The van der Waals surface area contributed by atoms with E-state index in [1.54, 1.807) is 0 Å². The lowest BCUT2D eigenvalue weighted by Crippen LogP contribution is -2.58. The SMILES string of the molecule is CN(C)CCCn1c2ccccc2n2cc(C(C)(C)C)nc12.[O-][Cl+3]([O-])([O-])O.[O-][Cl+3]([O-])([O-])O. The first kappa shape index (κ1) is 28.5. The molecule has 3 rings (SSSR count). The molecular weight excluding hydrogens is 471 g/mol. The molecular formula is C18H28Cl2N4O8. The predicted molar refractivity (Wildman–Crippen MR) is 97.0 cm³/mol. The maximum atomic E-state index is 8.60. The highest BCUT2D eigenvalue weighted by atomic mass is 35.7. The number of imidazole rings is 2. The Balaban J connectivity index is 0.000000431. The number of halogens is 2. The third kappa shape index (κ3) is 10.4. The van der Waals surface area contributed by atoms with E-state index >= 15 is 0 Å². The molecule has 1 aromatic carbocycles. The van der Waals surface area contributed by atoms with Crippen LogP contribution < -0.4 is 28.0 Å². The molecule has 0 aliphatic rings. The van der Waals surface area contributed by atoms with Gasteiger partial charge in [0.1, 0.15) is 0 Å². The van der Waals surface area contributed by atoms with E-state index in [4.69, 9.17) is 42.3 Å². The van der Waals surface area contributed by atoms with Crippen LogP contribution in [0.1, 0.15) is 32.9 Å². The number of fused-ring (bicyclic) bond motifs is 3. The minimum Gasteiger partial charge on any atom is -0.310 e. The highest BCUT2D eigenvalue weighted by Gasteiger charge is 2.21. The smallest absolute Gasteiger partial charge is 0.215 e. The van der Waals surface area contributed by atoms with Crippen molar-refractivity contribution in [1.82, 2.24) is 18.9 Å². The van der Waals surface area contributed by atoms with Crippen LogP contribution in [0.2, 0.25) is 0 Å². The van der Waals surface area contributed by atoms with E-state index in [0.717, 1.165) is 31.0 Å². The lowest BCUT2D eigenvalue weighted by atomic mass is 9.93. The Morgan fingerprint density at radius 1 is 0.938 bits per heavy atom. The minimum absolute atomic E-state index is 0.0710. The topological polar surface area (TPSA) is 204 Å². The number of nitrogens with zero attached hydrogens (tertiary/aromatic N) is 4. The maximum absolute atomic E-state index is 8.60. The Hall–Kier alpha value is -1.55. The van der Waals surface area contributed by atoms with Crippen molar-refractivity contribution in [3.05, 3.63) is 36.2 Å². The van der Waals surface area contributed by atoms with Crippen molar-refractivity contribution in [2.24, 2.45) is 0 Å². The molecule has 12 nitrogen and oxygen atoms in total. The Kier molecular flexibility index (Phi) is 9.83. The number of para-hydroxylation sites is 2. The number of benzene rings is 1. The Morgan fingerprint density at radius 3 is 1.84 bits per heavy atom. The number of rotatable bonds is 4. The van der Waals surface area contributed by atoms with Crippen LogP contribution >= 0.6 is 0 Å². The van der Waals surface area contributed by atoms with Gasteiger partial charge in [-0.1, -0.05) is 32.9 Å². The normalized spacial score (nSPS) is 12.6. The van der Waals surface area contributed by atoms with Crippen molar-refractivity contribution >= 4 is 16.8 Å². The van der Waals surface area contributed by atoms with E-state index < -0.39 is 20.5 Å². The van der Waals surface area contributed by atoms with Gasteiger partial charge in [0, 0.05) is 18.2 Å². The fourth-order valence-electron chi connectivity index (χ4n) is 2.87. The summed E-state index contributed by atoms with van der Waals surface area (Å²) in [5, 5.41) is 0. The van der Waals surface area contributed by atoms with Crippen LogP contribution in [0.5, 0.6) is 0 Å². The highest BCUT2D eigenvalue weighted by Crippen LogP contribution is 2.26. The zero-order chi connectivity index (χ0) is 24.9. The number of aromatic nitrogens is 3. The molecule has 0 atom stereocenters. The average Bonchev–Trinajstić information content (AvgIpc) is 3.10. The Labute approximate surface area is 189 Å². The number of hydrogen-bond acceptors (Lipinski definition) is 10. The third-order valence-electron chi connectivity index (χ3n) is 4.12. The van der Waals surface area contributed by atoms with Gasteiger partial charge in [-0.25, -0.2) is 4.98 Å². The quantitative estimate of drug-likeness (QED) is 0.351. The van der Waals surface area contributed by atoms with Crippen LogP contribution in [0.3, 0.4) is 0 Å².